The van der Waals surface area contributed by atoms with Crippen molar-refractivity contribution in [2.45, 2.75) is 69.4 Å². The number of carbonyl (C=O) groups excluding carboxylic acids is 3. The molecule has 4 heterocycles. The Morgan fingerprint density at radius 2 is 1.69 bits per heavy atom. The van der Waals surface area contributed by atoms with Crippen LogP contribution in [0.2, 0.25) is 5.02 Å². The molecule has 3 amide bonds. The number of nitrogens with zero attached hydrogens (tertiary/aromatic N) is 3. The molecule has 1 saturated carbocycles. The van der Waals surface area contributed by atoms with Gasteiger partial charge in [-0.15, -0.1) is 0 Å². The zero-order chi connectivity index (χ0) is 24.8. The van der Waals surface area contributed by atoms with Crippen molar-refractivity contribution in [3.8, 4) is 0 Å². The third-order valence-corrected chi connectivity index (χ3v) is 8.96. The molecular formula is C26H34ClN5O4. The van der Waals surface area contributed by atoms with Crippen LogP contribution in [0.4, 0.5) is 5.69 Å². The Balaban J connectivity index is 1.04. The first kappa shape index (κ1) is 24.2. The number of rotatable bonds is 5. The van der Waals surface area contributed by atoms with E-state index in [1.807, 2.05) is 12.1 Å². The van der Waals surface area contributed by atoms with Crippen LogP contribution in [-0.2, 0) is 20.9 Å². The first-order valence-corrected chi connectivity index (χ1v) is 13.7. The van der Waals surface area contributed by atoms with Crippen molar-refractivity contribution < 1.29 is 19.1 Å². The van der Waals surface area contributed by atoms with Gasteiger partial charge >= 0.3 is 0 Å². The van der Waals surface area contributed by atoms with Crippen molar-refractivity contribution in [1.82, 2.24) is 20.4 Å². The highest BCUT2D eigenvalue weighted by Crippen LogP contribution is 2.39. The average Bonchev–Trinajstić information content (AvgIpc) is 3.19. The lowest BCUT2D eigenvalue weighted by Gasteiger charge is -2.47. The van der Waals surface area contributed by atoms with Crippen LogP contribution in [0.3, 0.4) is 0 Å². The Hall–Kier alpha value is -2.20. The lowest BCUT2D eigenvalue weighted by molar-refractivity contribution is -0.136. The van der Waals surface area contributed by atoms with Gasteiger partial charge in [-0.25, -0.2) is 0 Å². The predicted octanol–water partition coefficient (Wildman–Crippen LogP) is 1.52. The summed E-state index contributed by atoms with van der Waals surface area (Å²) in [5.74, 6) is -0.880. The van der Waals surface area contributed by atoms with E-state index in [0.717, 1.165) is 76.2 Å². The maximum absolute atomic E-state index is 13.0. The van der Waals surface area contributed by atoms with Gasteiger partial charge in [-0.1, -0.05) is 11.6 Å². The van der Waals surface area contributed by atoms with Crippen LogP contribution >= 0.6 is 11.6 Å². The van der Waals surface area contributed by atoms with Crippen molar-refractivity contribution in [2.75, 3.05) is 44.2 Å². The molecule has 5 aliphatic rings. The number of hydrogen-bond acceptors (Lipinski definition) is 7. The van der Waals surface area contributed by atoms with Gasteiger partial charge in [0, 0.05) is 56.3 Å². The zero-order valence-corrected chi connectivity index (χ0v) is 21.3. The number of piperidine rings is 2. The lowest BCUT2D eigenvalue weighted by atomic mass is 9.87. The van der Waals surface area contributed by atoms with Crippen LogP contribution in [0.1, 0.15) is 54.4 Å². The van der Waals surface area contributed by atoms with E-state index in [-0.39, 0.29) is 18.2 Å². The van der Waals surface area contributed by atoms with Crippen molar-refractivity contribution in [3.63, 3.8) is 0 Å². The summed E-state index contributed by atoms with van der Waals surface area (Å²) in [6.45, 7) is 6.18. The zero-order valence-electron chi connectivity index (χ0n) is 20.5. The minimum absolute atomic E-state index is 0.191. The first-order chi connectivity index (χ1) is 17.5. The summed E-state index contributed by atoms with van der Waals surface area (Å²) in [5.41, 5.74) is 2.29. The Morgan fingerprint density at radius 3 is 2.42 bits per heavy atom. The third kappa shape index (κ3) is 4.51. The Kier molecular flexibility index (Phi) is 6.66. The number of imide groups is 1. The van der Waals surface area contributed by atoms with Gasteiger partial charge < -0.3 is 19.9 Å². The molecule has 0 radical (unpaired) electrons. The lowest BCUT2D eigenvalue weighted by Crippen LogP contribution is -2.56. The van der Waals surface area contributed by atoms with Gasteiger partial charge in [-0.05, 0) is 57.3 Å². The molecule has 1 aromatic carbocycles. The molecule has 6 rings (SSSR count). The minimum atomic E-state index is -0.629. The molecule has 0 spiro atoms. The fourth-order valence-electron chi connectivity index (χ4n) is 6.31. The number of nitrogens with one attached hydrogen (secondary N) is 2. The molecule has 1 aliphatic carbocycles. The molecule has 1 aromatic rings. The summed E-state index contributed by atoms with van der Waals surface area (Å²) in [6, 6.07) is 3.76. The molecule has 10 heteroatoms. The van der Waals surface area contributed by atoms with Gasteiger partial charge in [0.2, 0.25) is 11.8 Å². The van der Waals surface area contributed by atoms with Crippen molar-refractivity contribution >= 4 is 35.0 Å². The highest BCUT2D eigenvalue weighted by molar-refractivity contribution is 6.35. The molecule has 1 atom stereocenters. The SMILES string of the molecule is O=C1CCC(N2Cc3c(ccc(N4CCN([C@H]5C[C@H](OC6CCNCC6)C5)CC4)c3Cl)C2=O)C(=O)N1. The van der Waals surface area contributed by atoms with E-state index >= 15 is 0 Å². The fraction of sp³-hybridized carbons (Fsp3) is 0.654. The third-order valence-electron chi connectivity index (χ3n) is 8.54. The molecule has 3 saturated heterocycles. The Morgan fingerprint density at radius 1 is 0.944 bits per heavy atom. The standard InChI is InChI=1S/C26H34ClN5O4/c27-24-20-15-32(22-3-4-23(33)29-25(22)34)26(35)19(20)1-2-21(24)31-11-9-30(10-12-31)16-13-18(14-16)36-17-5-7-28-8-6-17/h1-2,16-18,22,28H,3-15H2,(H,29,33,34)/t16-,18-,22?. The van der Waals surface area contributed by atoms with E-state index in [1.54, 1.807) is 4.90 Å². The molecule has 1 unspecified atom stereocenters. The normalized spacial score (nSPS) is 29.8. The number of benzene rings is 1. The number of ether oxygens (including phenoxy) is 1. The van der Waals surface area contributed by atoms with Crippen molar-refractivity contribution in [2.24, 2.45) is 0 Å². The summed E-state index contributed by atoms with van der Waals surface area (Å²) >= 11 is 6.86. The van der Waals surface area contributed by atoms with Crippen LogP contribution in [-0.4, -0.2) is 91.1 Å². The van der Waals surface area contributed by atoms with Crippen LogP contribution in [0.5, 0.6) is 0 Å². The predicted molar refractivity (Wildman–Crippen MR) is 135 cm³/mol. The highest BCUT2D eigenvalue weighted by Gasteiger charge is 2.41. The number of fused-ring (bicyclic) bond motifs is 1. The second-order valence-corrected chi connectivity index (χ2v) is 11.1. The first-order valence-electron chi connectivity index (χ1n) is 13.3. The maximum atomic E-state index is 13.0. The number of piperazine rings is 1. The largest absolute Gasteiger partial charge is 0.375 e. The molecule has 2 N–H and O–H groups in total. The molecule has 9 nitrogen and oxygen atoms in total. The van der Waals surface area contributed by atoms with E-state index < -0.39 is 11.9 Å². The number of amides is 3. The quantitative estimate of drug-likeness (QED) is 0.574. The number of halogens is 1. The van der Waals surface area contributed by atoms with Gasteiger partial charge in [0.15, 0.2) is 0 Å². The molecular weight excluding hydrogens is 482 g/mol. The molecule has 4 fully saturated rings. The average molecular weight is 516 g/mol. The minimum Gasteiger partial charge on any atom is -0.375 e. The highest BCUT2D eigenvalue weighted by atomic mass is 35.5. The molecule has 0 aromatic heterocycles. The smallest absolute Gasteiger partial charge is 0.255 e. The monoisotopic (exact) mass is 515 g/mol. The fourth-order valence-corrected chi connectivity index (χ4v) is 6.66. The van der Waals surface area contributed by atoms with E-state index in [1.165, 1.54) is 0 Å². The Labute approximate surface area is 216 Å². The van der Waals surface area contributed by atoms with Crippen LogP contribution < -0.4 is 15.5 Å². The topological polar surface area (TPSA) is 94.2 Å². The summed E-state index contributed by atoms with van der Waals surface area (Å²) in [5, 5.41) is 6.34. The van der Waals surface area contributed by atoms with E-state index in [9.17, 15) is 14.4 Å². The van der Waals surface area contributed by atoms with Crippen molar-refractivity contribution in [1.29, 1.82) is 0 Å². The van der Waals surface area contributed by atoms with Crippen LogP contribution in [0.25, 0.3) is 0 Å². The van der Waals surface area contributed by atoms with Gasteiger partial charge in [0.1, 0.15) is 6.04 Å². The summed E-state index contributed by atoms with van der Waals surface area (Å²) < 4.78 is 6.30. The molecule has 0 bridgehead atoms. The number of hydrogen-bond donors (Lipinski definition) is 2. The van der Waals surface area contributed by atoms with Gasteiger partial charge in [-0.2, -0.15) is 0 Å². The second kappa shape index (κ2) is 9.93. The van der Waals surface area contributed by atoms with Crippen LogP contribution in [0.15, 0.2) is 12.1 Å². The number of anilines is 1. The maximum Gasteiger partial charge on any atom is 0.255 e. The van der Waals surface area contributed by atoms with Crippen molar-refractivity contribution in [3.05, 3.63) is 28.3 Å². The van der Waals surface area contributed by atoms with Gasteiger partial charge in [-0.3, -0.25) is 24.6 Å². The van der Waals surface area contributed by atoms with E-state index in [0.29, 0.717) is 41.8 Å². The molecule has 194 valence electrons. The summed E-state index contributed by atoms with van der Waals surface area (Å²) in [7, 11) is 0. The Bertz CT molecular complexity index is 1050. The molecule has 36 heavy (non-hydrogen) atoms. The van der Waals surface area contributed by atoms with Gasteiger partial charge in [0.05, 0.1) is 22.9 Å². The van der Waals surface area contributed by atoms with Crippen LogP contribution in [0, 0.1) is 0 Å². The number of carbonyl (C=O) groups is 3. The summed E-state index contributed by atoms with van der Waals surface area (Å²) in [6.07, 6.45) is 5.93. The van der Waals surface area contributed by atoms with Gasteiger partial charge in [0.25, 0.3) is 5.91 Å². The van der Waals surface area contributed by atoms with E-state index in [4.69, 9.17) is 16.3 Å². The molecule has 4 aliphatic heterocycles. The second-order valence-electron chi connectivity index (χ2n) is 10.7. The van der Waals surface area contributed by atoms with E-state index in [2.05, 4.69) is 20.4 Å². The summed E-state index contributed by atoms with van der Waals surface area (Å²) in [4.78, 5) is 43.3.